The Morgan fingerprint density at radius 1 is 1.40 bits per heavy atom. The van der Waals surface area contributed by atoms with Gasteiger partial charge in [-0.3, -0.25) is 0 Å². The number of hydrogen-bond donors (Lipinski definition) is 1. The van der Waals surface area contributed by atoms with Gasteiger partial charge in [-0.2, -0.15) is 4.31 Å². The summed E-state index contributed by atoms with van der Waals surface area (Å²) in [4.78, 5) is 0.247. The molecule has 1 aliphatic heterocycles. The average molecular weight is 317 g/mol. The lowest BCUT2D eigenvalue weighted by Gasteiger charge is -2.34. The molecule has 1 saturated heterocycles. The van der Waals surface area contributed by atoms with E-state index in [2.05, 4.69) is 0 Å². The number of hydrogen-bond acceptors (Lipinski definition) is 3. The van der Waals surface area contributed by atoms with Gasteiger partial charge in [-0.1, -0.05) is 24.9 Å². The Balaban J connectivity index is 2.44. The Labute approximate surface area is 126 Å². The van der Waals surface area contributed by atoms with Gasteiger partial charge in [0.25, 0.3) is 0 Å². The van der Waals surface area contributed by atoms with Gasteiger partial charge in [0.15, 0.2) is 0 Å². The van der Waals surface area contributed by atoms with E-state index in [1.807, 2.05) is 6.92 Å². The van der Waals surface area contributed by atoms with Gasteiger partial charge in [-0.25, -0.2) is 8.42 Å². The molecule has 0 spiro atoms. The number of halogens is 1. The summed E-state index contributed by atoms with van der Waals surface area (Å²) in [5, 5.41) is 0.426. The number of piperidine rings is 1. The maximum absolute atomic E-state index is 12.8. The van der Waals surface area contributed by atoms with Crippen LogP contribution in [0.1, 0.15) is 38.2 Å². The fourth-order valence-corrected chi connectivity index (χ4v) is 4.74. The van der Waals surface area contributed by atoms with E-state index < -0.39 is 10.0 Å². The van der Waals surface area contributed by atoms with Crippen molar-refractivity contribution >= 4 is 27.3 Å². The monoisotopic (exact) mass is 316 g/mol. The van der Waals surface area contributed by atoms with E-state index in [1.54, 1.807) is 17.3 Å². The predicted octanol–water partition coefficient (Wildman–Crippen LogP) is 3.18. The highest BCUT2D eigenvalue weighted by molar-refractivity contribution is 7.89. The number of nitrogen functional groups attached to an aromatic ring is 1. The maximum Gasteiger partial charge on any atom is 0.243 e. The van der Waals surface area contributed by atoms with Crippen LogP contribution in [0.5, 0.6) is 0 Å². The highest BCUT2D eigenvalue weighted by Gasteiger charge is 2.32. The van der Waals surface area contributed by atoms with Crippen LogP contribution in [0.15, 0.2) is 17.0 Å². The van der Waals surface area contributed by atoms with Gasteiger partial charge < -0.3 is 5.73 Å². The lowest BCUT2D eigenvalue weighted by molar-refractivity contribution is 0.246. The van der Waals surface area contributed by atoms with Crippen LogP contribution >= 0.6 is 11.6 Å². The van der Waals surface area contributed by atoms with E-state index in [9.17, 15) is 8.42 Å². The Morgan fingerprint density at radius 3 is 2.70 bits per heavy atom. The first-order valence-corrected chi connectivity index (χ1v) is 8.77. The van der Waals surface area contributed by atoms with Crippen molar-refractivity contribution in [3.63, 3.8) is 0 Å². The molecule has 2 N–H and O–H groups in total. The van der Waals surface area contributed by atoms with Crippen LogP contribution < -0.4 is 5.73 Å². The molecule has 0 saturated carbocycles. The lowest BCUT2D eigenvalue weighted by atomic mass is 10.0. The predicted molar refractivity (Wildman–Crippen MR) is 82.4 cm³/mol. The van der Waals surface area contributed by atoms with E-state index in [0.717, 1.165) is 25.7 Å². The molecule has 112 valence electrons. The van der Waals surface area contributed by atoms with E-state index in [-0.39, 0.29) is 10.9 Å². The van der Waals surface area contributed by atoms with Crippen LogP contribution in [0.25, 0.3) is 0 Å². The van der Waals surface area contributed by atoms with Gasteiger partial charge >= 0.3 is 0 Å². The SMILES string of the molecule is CCC1CCCCN1S(=O)(=O)c1cc(C)c(Cl)c(N)c1. The highest BCUT2D eigenvalue weighted by atomic mass is 35.5. The second kappa shape index (κ2) is 5.92. The summed E-state index contributed by atoms with van der Waals surface area (Å²) in [7, 11) is -3.49. The van der Waals surface area contributed by atoms with Gasteiger partial charge in [0.2, 0.25) is 10.0 Å². The van der Waals surface area contributed by atoms with Crippen molar-refractivity contribution in [3.8, 4) is 0 Å². The Hall–Kier alpha value is -0.780. The molecule has 20 heavy (non-hydrogen) atoms. The molecular formula is C14H21ClN2O2S. The maximum atomic E-state index is 12.8. The zero-order valence-corrected chi connectivity index (χ0v) is 13.5. The van der Waals surface area contributed by atoms with Crippen molar-refractivity contribution in [2.75, 3.05) is 12.3 Å². The number of aryl methyl sites for hydroxylation is 1. The van der Waals surface area contributed by atoms with E-state index in [0.29, 0.717) is 22.8 Å². The zero-order chi connectivity index (χ0) is 14.9. The number of rotatable bonds is 3. The highest BCUT2D eigenvalue weighted by Crippen LogP contribution is 2.31. The first-order chi connectivity index (χ1) is 9.37. The molecule has 0 amide bonds. The molecule has 0 bridgehead atoms. The second-order valence-electron chi connectivity index (χ2n) is 5.32. The fourth-order valence-electron chi connectivity index (χ4n) is 2.75. The minimum Gasteiger partial charge on any atom is -0.397 e. The van der Waals surface area contributed by atoms with Gasteiger partial charge in [-0.15, -0.1) is 0 Å². The summed E-state index contributed by atoms with van der Waals surface area (Å²) < 4.78 is 27.2. The van der Waals surface area contributed by atoms with Gasteiger partial charge in [-0.05, 0) is 43.9 Å². The topological polar surface area (TPSA) is 63.4 Å². The minimum atomic E-state index is -3.49. The minimum absolute atomic E-state index is 0.0889. The van der Waals surface area contributed by atoms with Crippen LogP contribution in [0, 0.1) is 6.92 Å². The van der Waals surface area contributed by atoms with E-state index >= 15 is 0 Å². The third-order valence-electron chi connectivity index (χ3n) is 3.91. The largest absolute Gasteiger partial charge is 0.397 e. The number of nitrogens with zero attached hydrogens (tertiary/aromatic N) is 1. The van der Waals surface area contributed by atoms with Gasteiger partial charge in [0.1, 0.15) is 0 Å². The standard InChI is InChI=1S/C14H21ClN2O2S/c1-3-11-6-4-5-7-17(11)20(18,19)12-8-10(2)14(15)13(16)9-12/h8-9,11H,3-7,16H2,1-2H3. The van der Waals surface area contributed by atoms with Crippen molar-refractivity contribution in [2.24, 2.45) is 0 Å². The normalized spacial score (nSPS) is 21.1. The van der Waals surface area contributed by atoms with Crippen LogP contribution in [0.4, 0.5) is 5.69 Å². The molecule has 1 unspecified atom stereocenters. The van der Waals surface area contributed by atoms with Crippen molar-refractivity contribution in [3.05, 3.63) is 22.7 Å². The quantitative estimate of drug-likeness (QED) is 0.871. The van der Waals surface area contributed by atoms with E-state index in [4.69, 9.17) is 17.3 Å². The van der Waals surface area contributed by atoms with Crippen molar-refractivity contribution < 1.29 is 8.42 Å². The molecule has 0 aromatic heterocycles. The number of anilines is 1. The molecule has 0 aliphatic carbocycles. The Morgan fingerprint density at radius 2 is 2.10 bits per heavy atom. The number of sulfonamides is 1. The summed E-state index contributed by atoms with van der Waals surface area (Å²) in [5.41, 5.74) is 6.81. The molecule has 1 heterocycles. The summed E-state index contributed by atoms with van der Waals surface area (Å²) in [6.45, 7) is 4.38. The summed E-state index contributed by atoms with van der Waals surface area (Å²) in [6, 6.07) is 3.16. The first kappa shape index (κ1) is 15.6. The number of nitrogens with two attached hydrogens (primary N) is 1. The van der Waals surface area contributed by atoms with Crippen molar-refractivity contribution in [2.45, 2.75) is 50.5 Å². The van der Waals surface area contributed by atoms with Crippen LogP contribution in [0.3, 0.4) is 0 Å². The van der Waals surface area contributed by atoms with Crippen LogP contribution in [-0.2, 0) is 10.0 Å². The smallest absolute Gasteiger partial charge is 0.243 e. The average Bonchev–Trinajstić information content (AvgIpc) is 2.44. The molecule has 1 atom stereocenters. The molecule has 1 aliphatic rings. The van der Waals surface area contributed by atoms with Gasteiger partial charge in [0.05, 0.1) is 15.6 Å². The molecular weight excluding hydrogens is 296 g/mol. The van der Waals surface area contributed by atoms with Crippen LogP contribution in [0.2, 0.25) is 5.02 Å². The lowest BCUT2D eigenvalue weighted by Crippen LogP contribution is -2.43. The summed E-state index contributed by atoms with van der Waals surface area (Å²) in [6.07, 6.45) is 3.77. The zero-order valence-electron chi connectivity index (χ0n) is 11.9. The van der Waals surface area contributed by atoms with Gasteiger partial charge in [0, 0.05) is 12.6 Å². The molecule has 6 heteroatoms. The number of benzene rings is 1. The van der Waals surface area contributed by atoms with Crippen LogP contribution in [-0.4, -0.2) is 25.3 Å². The molecule has 0 radical (unpaired) electrons. The van der Waals surface area contributed by atoms with Crippen molar-refractivity contribution in [1.82, 2.24) is 4.31 Å². The third kappa shape index (κ3) is 2.80. The Kier molecular flexibility index (Phi) is 4.62. The third-order valence-corrected chi connectivity index (χ3v) is 6.35. The van der Waals surface area contributed by atoms with Crippen molar-refractivity contribution in [1.29, 1.82) is 0 Å². The second-order valence-corrected chi connectivity index (χ2v) is 7.59. The Bertz CT molecular complexity index is 578. The summed E-state index contributed by atoms with van der Waals surface area (Å²) >= 11 is 6.01. The molecule has 1 aromatic rings. The molecule has 1 fully saturated rings. The first-order valence-electron chi connectivity index (χ1n) is 6.95. The summed E-state index contributed by atoms with van der Waals surface area (Å²) in [5.74, 6) is 0. The fraction of sp³-hybridized carbons (Fsp3) is 0.571. The molecule has 4 nitrogen and oxygen atoms in total. The van der Waals surface area contributed by atoms with E-state index in [1.165, 1.54) is 6.07 Å². The molecule has 2 rings (SSSR count). The molecule has 1 aromatic carbocycles.